The van der Waals surface area contributed by atoms with Crippen molar-refractivity contribution in [2.24, 2.45) is 0 Å². The van der Waals surface area contributed by atoms with Crippen molar-refractivity contribution in [1.29, 1.82) is 0 Å². The van der Waals surface area contributed by atoms with E-state index >= 15 is 0 Å². The summed E-state index contributed by atoms with van der Waals surface area (Å²) in [5, 5.41) is 5.91. The number of hydrogen-bond acceptors (Lipinski definition) is 3. The van der Waals surface area contributed by atoms with Gasteiger partial charge in [-0.1, -0.05) is 49.2 Å². The van der Waals surface area contributed by atoms with Crippen LogP contribution in [-0.2, 0) is 17.8 Å². The molecule has 0 bridgehead atoms. The minimum atomic E-state index is -0.805. The van der Waals surface area contributed by atoms with Crippen LogP contribution in [0.3, 0.4) is 0 Å². The van der Waals surface area contributed by atoms with E-state index in [1.807, 2.05) is 60.4 Å². The first-order valence-electron chi connectivity index (χ1n) is 10.4. The van der Waals surface area contributed by atoms with Crippen molar-refractivity contribution in [3.8, 4) is 0 Å². The van der Waals surface area contributed by atoms with Crippen LogP contribution in [0, 0.1) is 0 Å². The first-order chi connectivity index (χ1) is 14.1. The molecule has 1 aliphatic carbocycles. The van der Waals surface area contributed by atoms with E-state index in [2.05, 4.69) is 15.6 Å². The van der Waals surface area contributed by atoms with E-state index in [4.69, 9.17) is 0 Å². The lowest BCUT2D eigenvalue weighted by atomic mass is 9.95. The van der Waals surface area contributed by atoms with E-state index in [0.717, 1.165) is 24.1 Å². The first kappa shape index (κ1) is 20.8. The second-order valence-electron chi connectivity index (χ2n) is 7.54. The predicted octanol–water partition coefficient (Wildman–Crippen LogP) is 3.28. The molecule has 1 fully saturated rings. The summed E-state index contributed by atoms with van der Waals surface area (Å²) in [6.07, 6.45) is 5.74. The van der Waals surface area contributed by atoms with Crippen LogP contribution in [0.1, 0.15) is 43.9 Å². The molecule has 1 saturated carbocycles. The van der Waals surface area contributed by atoms with Gasteiger partial charge in [0, 0.05) is 37.9 Å². The molecule has 6 nitrogen and oxygen atoms in total. The summed E-state index contributed by atoms with van der Waals surface area (Å²) in [6, 6.07) is 15.3. The molecule has 0 unspecified atom stereocenters. The highest BCUT2D eigenvalue weighted by Gasteiger charge is 2.44. The van der Waals surface area contributed by atoms with Crippen molar-refractivity contribution in [2.75, 3.05) is 13.1 Å². The van der Waals surface area contributed by atoms with Gasteiger partial charge < -0.3 is 15.5 Å². The number of likely N-dealkylation sites (N-methyl/N-ethyl adjacent to an activating group) is 1. The van der Waals surface area contributed by atoms with Gasteiger partial charge in [-0.05, 0) is 37.5 Å². The number of hydrogen-bond donors (Lipinski definition) is 2. The first-order valence-corrected chi connectivity index (χ1v) is 10.4. The van der Waals surface area contributed by atoms with Crippen molar-refractivity contribution in [3.63, 3.8) is 0 Å². The molecule has 0 spiro atoms. The standard InChI is InChI=1S/C23H30N4O2/c1-2-27(17-13-20-12-6-9-16-24-20)21(28)23(14-7-8-15-23)26-22(29)25-18-19-10-4-3-5-11-19/h3-6,9-12,16H,2,7-8,13-15,17-18H2,1H3,(H2,25,26,29). The molecule has 6 heteroatoms. The highest BCUT2D eigenvalue weighted by molar-refractivity contribution is 5.91. The Balaban J connectivity index is 1.61. The van der Waals surface area contributed by atoms with E-state index in [1.54, 1.807) is 6.20 Å². The molecule has 0 aliphatic heterocycles. The highest BCUT2D eigenvalue weighted by atomic mass is 16.2. The Morgan fingerprint density at radius 3 is 2.45 bits per heavy atom. The molecule has 0 atom stereocenters. The van der Waals surface area contributed by atoms with Crippen LogP contribution in [0.25, 0.3) is 0 Å². The molecule has 2 N–H and O–H groups in total. The Kier molecular flexibility index (Phi) is 7.22. The van der Waals surface area contributed by atoms with Crippen molar-refractivity contribution >= 4 is 11.9 Å². The Morgan fingerprint density at radius 1 is 1.07 bits per heavy atom. The molecule has 1 aromatic heterocycles. The summed E-state index contributed by atoms with van der Waals surface area (Å²) in [4.78, 5) is 32.1. The van der Waals surface area contributed by atoms with E-state index in [0.29, 0.717) is 38.9 Å². The van der Waals surface area contributed by atoms with Crippen LogP contribution < -0.4 is 10.6 Å². The van der Waals surface area contributed by atoms with Gasteiger partial charge in [0.05, 0.1) is 0 Å². The molecule has 154 valence electrons. The lowest BCUT2D eigenvalue weighted by Gasteiger charge is -2.34. The molecule has 29 heavy (non-hydrogen) atoms. The van der Waals surface area contributed by atoms with Crippen molar-refractivity contribution in [1.82, 2.24) is 20.5 Å². The molecule has 0 saturated heterocycles. The number of carbonyl (C=O) groups excluding carboxylic acids is 2. The Morgan fingerprint density at radius 2 is 1.79 bits per heavy atom. The molecular weight excluding hydrogens is 364 g/mol. The van der Waals surface area contributed by atoms with Crippen LogP contribution in [0.15, 0.2) is 54.7 Å². The average Bonchev–Trinajstić information content (AvgIpc) is 3.23. The minimum absolute atomic E-state index is 0.0169. The van der Waals surface area contributed by atoms with Crippen molar-refractivity contribution < 1.29 is 9.59 Å². The monoisotopic (exact) mass is 394 g/mol. The molecule has 1 aliphatic rings. The van der Waals surface area contributed by atoms with E-state index in [1.165, 1.54) is 0 Å². The van der Waals surface area contributed by atoms with Gasteiger partial charge in [0.25, 0.3) is 0 Å². The summed E-state index contributed by atoms with van der Waals surface area (Å²) in [5.41, 5.74) is 1.19. The molecule has 0 radical (unpaired) electrons. The summed E-state index contributed by atoms with van der Waals surface area (Å²) < 4.78 is 0. The van der Waals surface area contributed by atoms with Crippen LogP contribution >= 0.6 is 0 Å². The fourth-order valence-corrected chi connectivity index (χ4v) is 3.91. The van der Waals surface area contributed by atoms with Gasteiger partial charge in [0.1, 0.15) is 5.54 Å². The number of rotatable bonds is 8. The minimum Gasteiger partial charge on any atom is -0.341 e. The Bertz CT molecular complexity index is 789. The van der Waals surface area contributed by atoms with Crippen molar-refractivity contribution in [3.05, 3.63) is 66.0 Å². The van der Waals surface area contributed by atoms with Gasteiger partial charge in [0.15, 0.2) is 0 Å². The van der Waals surface area contributed by atoms with Gasteiger partial charge in [-0.2, -0.15) is 0 Å². The van der Waals surface area contributed by atoms with Gasteiger partial charge in [-0.25, -0.2) is 4.79 Å². The number of benzene rings is 1. The number of urea groups is 1. The third-order valence-electron chi connectivity index (χ3n) is 5.55. The third kappa shape index (κ3) is 5.56. The molecule has 1 aromatic carbocycles. The lowest BCUT2D eigenvalue weighted by molar-refractivity contribution is -0.137. The zero-order valence-corrected chi connectivity index (χ0v) is 17.1. The predicted molar refractivity (Wildman–Crippen MR) is 113 cm³/mol. The molecule has 2 aromatic rings. The number of pyridine rings is 1. The smallest absolute Gasteiger partial charge is 0.315 e. The molecular formula is C23H30N4O2. The van der Waals surface area contributed by atoms with Crippen LogP contribution in [0.5, 0.6) is 0 Å². The maximum absolute atomic E-state index is 13.4. The summed E-state index contributed by atoms with van der Waals surface area (Å²) in [5.74, 6) is 0.0169. The molecule has 1 heterocycles. The van der Waals surface area contributed by atoms with E-state index < -0.39 is 5.54 Å². The SMILES string of the molecule is CCN(CCc1ccccn1)C(=O)C1(NC(=O)NCc2ccccc2)CCCC1. The maximum atomic E-state index is 13.4. The van der Waals surface area contributed by atoms with Gasteiger partial charge in [0.2, 0.25) is 5.91 Å². The van der Waals surface area contributed by atoms with Crippen LogP contribution in [0.4, 0.5) is 4.79 Å². The van der Waals surface area contributed by atoms with Gasteiger partial charge in [-0.3, -0.25) is 9.78 Å². The fraction of sp³-hybridized carbons (Fsp3) is 0.435. The normalized spacial score (nSPS) is 14.9. The van der Waals surface area contributed by atoms with Gasteiger partial charge >= 0.3 is 6.03 Å². The van der Waals surface area contributed by atoms with Crippen LogP contribution in [-0.4, -0.2) is 40.5 Å². The summed E-state index contributed by atoms with van der Waals surface area (Å²) in [7, 11) is 0. The topological polar surface area (TPSA) is 74.3 Å². The van der Waals surface area contributed by atoms with E-state index in [9.17, 15) is 9.59 Å². The second kappa shape index (κ2) is 10.0. The average molecular weight is 395 g/mol. The van der Waals surface area contributed by atoms with Crippen molar-refractivity contribution in [2.45, 2.75) is 51.1 Å². The van der Waals surface area contributed by atoms with Crippen LogP contribution in [0.2, 0.25) is 0 Å². The molecule has 3 amide bonds. The van der Waals surface area contributed by atoms with E-state index in [-0.39, 0.29) is 11.9 Å². The molecule has 3 rings (SSSR count). The highest BCUT2D eigenvalue weighted by Crippen LogP contribution is 2.31. The number of amides is 3. The summed E-state index contributed by atoms with van der Waals surface area (Å²) in [6.45, 7) is 3.63. The summed E-state index contributed by atoms with van der Waals surface area (Å²) >= 11 is 0. The number of aromatic nitrogens is 1. The number of carbonyl (C=O) groups is 2. The fourth-order valence-electron chi connectivity index (χ4n) is 3.91. The Hall–Kier alpha value is -2.89. The zero-order valence-electron chi connectivity index (χ0n) is 17.1. The third-order valence-corrected chi connectivity index (χ3v) is 5.55. The largest absolute Gasteiger partial charge is 0.341 e. The second-order valence-corrected chi connectivity index (χ2v) is 7.54. The number of nitrogens with one attached hydrogen (secondary N) is 2. The zero-order chi connectivity index (χ0) is 20.5. The number of nitrogens with zero attached hydrogens (tertiary/aromatic N) is 2. The van der Waals surface area contributed by atoms with Gasteiger partial charge in [-0.15, -0.1) is 0 Å². The quantitative estimate of drug-likeness (QED) is 0.722. The lowest BCUT2D eigenvalue weighted by Crippen LogP contribution is -2.60. The Labute approximate surface area is 172 Å². The maximum Gasteiger partial charge on any atom is 0.315 e.